The van der Waals surface area contributed by atoms with E-state index in [1.54, 1.807) is 0 Å². The maximum atomic E-state index is 6.36. The van der Waals surface area contributed by atoms with Gasteiger partial charge in [0.05, 0.1) is 6.04 Å². The minimum absolute atomic E-state index is 0.234. The van der Waals surface area contributed by atoms with Crippen LogP contribution in [0.4, 0.5) is 0 Å². The van der Waals surface area contributed by atoms with Gasteiger partial charge in [0.25, 0.3) is 0 Å². The fourth-order valence-corrected chi connectivity index (χ4v) is 3.48. The highest BCUT2D eigenvalue weighted by Gasteiger charge is 2.47. The van der Waals surface area contributed by atoms with E-state index in [9.17, 15) is 0 Å². The van der Waals surface area contributed by atoms with Crippen molar-refractivity contribution in [1.29, 1.82) is 0 Å². The molecule has 3 rings (SSSR count). The molecule has 2 aliphatic rings. The van der Waals surface area contributed by atoms with E-state index in [1.165, 1.54) is 11.1 Å². The molecule has 3 nitrogen and oxygen atoms in total. The molecule has 2 aliphatic heterocycles. The quantitative estimate of drug-likeness (QED) is 0.666. The van der Waals surface area contributed by atoms with Crippen molar-refractivity contribution in [3.8, 4) is 5.75 Å². The van der Waals surface area contributed by atoms with Crippen molar-refractivity contribution in [1.82, 2.24) is 10.2 Å². The molecule has 2 unspecified atom stereocenters. The number of hydrogen-bond acceptors (Lipinski definition) is 2. The summed E-state index contributed by atoms with van der Waals surface area (Å²) >= 11 is 5.53. The lowest BCUT2D eigenvalue weighted by Crippen LogP contribution is -2.64. The normalized spacial score (nSPS) is 27.4. The number of para-hydroxylation sites is 1. The molecule has 2 atom stereocenters. The Labute approximate surface area is 125 Å². The zero-order valence-corrected chi connectivity index (χ0v) is 13.0. The summed E-state index contributed by atoms with van der Waals surface area (Å²) < 4.78 is 6.36. The first-order valence-corrected chi connectivity index (χ1v) is 7.32. The average Bonchev–Trinajstić information content (AvgIpc) is 2.36. The minimum atomic E-state index is -0.398. The molecule has 0 aromatic heterocycles. The Morgan fingerprint density at radius 2 is 2.35 bits per heavy atom. The lowest BCUT2D eigenvalue weighted by molar-refractivity contribution is -0.0646. The van der Waals surface area contributed by atoms with Crippen molar-refractivity contribution < 1.29 is 4.74 Å². The van der Waals surface area contributed by atoms with Gasteiger partial charge in [-0.2, -0.15) is 0 Å². The van der Waals surface area contributed by atoms with Gasteiger partial charge in [0.15, 0.2) is 10.8 Å². The van der Waals surface area contributed by atoms with Gasteiger partial charge >= 0.3 is 0 Å². The molecule has 106 valence electrons. The molecule has 1 saturated heterocycles. The number of rotatable bonds is 2. The second-order valence-corrected chi connectivity index (χ2v) is 6.41. The van der Waals surface area contributed by atoms with Crippen LogP contribution in [-0.2, 0) is 0 Å². The highest BCUT2D eigenvalue weighted by atomic mass is 32.1. The fraction of sp³-hybridized carbons (Fsp3) is 0.438. The van der Waals surface area contributed by atoms with Crippen LogP contribution in [-0.4, -0.2) is 22.3 Å². The maximum absolute atomic E-state index is 6.36. The van der Waals surface area contributed by atoms with E-state index >= 15 is 0 Å². The van der Waals surface area contributed by atoms with Crippen LogP contribution in [0.25, 0.3) is 0 Å². The van der Waals surface area contributed by atoms with Crippen molar-refractivity contribution in [3.63, 3.8) is 0 Å². The Morgan fingerprint density at radius 3 is 3.05 bits per heavy atom. The van der Waals surface area contributed by atoms with Crippen molar-refractivity contribution in [2.24, 2.45) is 0 Å². The molecule has 4 heteroatoms. The van der Waals surface area contributed by atoms with E-state index in [0.717, 1.165) is 29.4 Å². The van der Waals surface area contributed by atoms with Gasteiger partial charge in [0, 0.05) is 18.5 Å². The van der Waals surface area contributed by atoms with Gasteiger partial charge in [-0.1, -0.05) is 30.4 Å². The van der Waals surface area contributed by atoms with Gasteiger partial charge in [-0.05, 0) is 38.6 Å². The van der Waals surface area contributed by atoms with Crippen molar-refractivity contribution >= 4 is 17.3 Å². The molecule has 1 fully saturated rings. The van der Waals surface area contributed by atoms with Gasteiger partial charge in [-0.25, -0.2) is 0 Å². The number of hydrogen-bond donors (Lipinski definition) is 1. The Kier molecular flexibility index (Phi) is 3.01. The summed E-state index contributed by atoms with van der Waals surface area (Å²) in [4.78, 5) is 2.11. The van der Waals surface area contributed by atoms with Crippen LogP contribution in [0.1, 0.15) is 37.4 Å². The lowest BCUT2D eigenvalue weighted by Gasteiger charge is -2.52. The highest BCUT2D eigenvalue weighted by molar-refractivity contribution is 7.80. The molecule has 1 aromatic carbocycles. The fourth-order valence-electron chi connectivity index (χ4n) is 3.08. The largest absolute Gasteiger partial charge is 0.467 e. The number of fused-ring (bicyclic) bond motifs is 4. The minimum Gasteiger partial charge on any atom is -0.467 e. The summed E-state index contributed by atoms with van der Waals surface area (Å²) in [6.07, 6.45) is 0.886. The molecular formula is C16H20N2OS. The van der Waals surface area contributed by atoms with E-state index in [-0.39, 0.29) is 6.04 Å². The Morgan fingerprint density at radius 1 is 1.60 bits per heavy atom. The molecule has 20 heavy (non-hydrogen) atoms. The smallest absolute Gasteiger partial charge is 0.184 e. The molecule has 0 amide bonds. The average molecular weight is 288 g/mol. The number of nitrogens with zero attached hydrogens (tertiary/aromatic N) is 1. The van der Waals surface area contributed by atoms with Gasteiger partial charge in [-0.3, -0.25) is 0 Å². The van der Waals surface area contributed by atoms with Crippen LogP contribution in [0.15, 0.2) is 30.4 Å². The van der Waals surface area contributed by atoms with E-state index in [1.807, 2.05) is 6.92 Å². The third-order valence-corrected chi connectivity index (χ3v) is 4.40. The summed E-state index contributed by atoms with van der Waals surface area (Å²) in [5, 5.41) is 4.20. The second-order valence-electron chi connectivity index (χ2n) is 6.02. The summed E-state index contributed by atoms with van der Waals surface area (Å²) in [5.41, 5.74) is 3.06. The van der Waals surface area contributed by atoms with Crippen LogP contribution >= 0.6 is 12.2 Å². The number of nitrogens with one attached hydrogen (secondary N) is 1. The number of thiocarbonyl (C=S) groups is 1. The zero-order valence-electron chi connectivity index (χ0n) is 12.2. The predicted octanol–water partition coefficient (Wildman–Crippen LogP) is 3.30. The van der Waals surface area contributed by atoms with Crippen LogP contribution in [0.2, 0.25) is 0 Å². The van der Waals surface area contributed by atoms with Crippen LogP contribution in [0.3, 0.4) is 0 Å². The summed E-state index contributed by atoms with van der Waals surface area (Å²) in [7, 11) is 0. The molecule has 0 saturated carbocycles. The van der Waals surface area contributed by atoms with Gasteiger partial charge in [-0.15, -0.1) is 0 Å². The maximum Gasteiger partial charge on any atom is 0.184 e. The molecule has 0 spiro atoms. The molecule has 1 N–H and O–H groups in total. The third kappa shape index (κ3) is 1.99. The van der Waals surface area contributed by atoms with Crippen molar-refractivity contribution in [3.05, 3.63) is 41.5 Å². The van der Waals surface area contributed by atoms with Crippen LogP contribution < -0.4 is 10.1 Å². The predicted molar refractivity (Wildman–Crippen MR) is 84.8 cm³/mol. The van der Waals surface area contributed by atoms with Gasteiger partial charge in [0.2, 0.25) is 0 Å². The Hall–Kier alpha value is -1.55. The molecule has 1 aromatic rings. The first-order chi connectivity index (χ1) is 9.40. The Balaban J connectivity index is 2.05. The first-order valence-electron chi connectivity index (χ1n) is 6.92. The lowest BCUT2D eigenvalue weighted by atomic mass is 9.89. The topological polar surface area (TPSA) is 24.5 Å². The zero-order chi connectivity index (χ0) is 14.5. The number of ether oxygens (including phenoxy) is 1. The van der Waals surface area contributed by atoms with Gasteiger partial charge < -0.3 is 15.0 Å². The van der Waals surface area contributed by atoms with E-state index in [2.05, 4.69) is 48.8 Å². The van der Waals surface area contributed by atoms with Crippen LogP contribution in [0.5, 0.6) is 5.75 Å². The standard InChI is InChI=1S/C16H20N2OS/c1-10(2)9-18-15(20)17-13-8-16(18,4)19-14-11(3)6-5-7-12(13)14/h5-7,13H,1,8-9H2,2-4H3,(H,17,20). The highest BCUT2D eigenvalue weighted by Crippen LogP contribution is 2.45. The number of aryl methyl sites for hydroxylation is 1. The van der Waals surface area contributed by atoms with Gasteiger partial charge in [0.1, 0.15) is 5.75 Å². The van der Waals surface area contributed by atoms with E-state index < -0.39 is 5.72 Å². The molecular weight excluding hydrogens is 268 g/mol. The SMILES string of the molecule is C=C(C)CN1C(=S)NC2CC1(C)Oc1c(C)cccc12. The number of benzene rings is 1. The van der Waals surface area contributed by atoms with Crippen LogP contribution in [0, 0.1) is 6.92 Å². The molecule has 2 bridgehead atoms. The van der Waals surface area contributed by atoms with E-state index in [4.69, 9.17) is 17.0 Å². The first kappa shape index (κ1) is 13.4. The monoisotopic (exact) mass is 288 g/mol. The molecule has 0 aliphatic carbocycles. The Bertz CT molecular complexity index is 598. The van der Waals surface area contributed by atoms with Crippen molar-refractivity contribution in [2.45, 2.75) is 39.0 Å². The second kappa shape index (κ2) is 4.48. The summed E-state index contributed by atoms with van der Waals surface area (Å²) in [6, 6.07) is 6.52. The molecule has 2 heterocycles. The third-order valence-electron chi connectivity index (χ3n) is 4.06. The molecule has 0 radical (unpaired) electrons. The van der Waals surface area contributed by atoms with E-state index in [0.29, 0.717) is 0 Å². The summed E-state index contributed by atoms with van der Waals surface area (Å²) in [6.45, 7) is 10.9. The van der Waals surface area contributed by atoms with Crippen molar-refractivity contribution in [2.75, 3.05) is 6.54 Å². The summed E-state index contributed by atoms with van der Waals surface area (Å²) in [5.74, 6) is 0.993.